The van der Waals surface area contributed by atoms with E-state index in [9.17, 15) is 0 Å². The van der Waals surface area contributed by atoms with Crippen LogP contribution in [0.2, 0.25) is 0 Å². The molecule has 0 amide bonds. The van der Waals surface area contributed by atoms with Crippen LogP contribution in [0, 0.1) is 0 Å². The number of hydrogen-bond acceptors (Lipinski definition) is 1. The van der Waals surface area contributed by atoms with E-state index in [1.165, 1.54) is 0 Å². The first kappa shape index (κ1) is 12.7. The summed E-state index contributed by atoms with van der Waals surface area (Å²) in [5, 5.41) is 0. The Bertz CT molecular complexity index is 93.1. The van der Waals surface area contributed by atoms with Crippen LogP contribution < -0.4 is 0 Å². The van der Waals surface area contributed by atoms with Crippen LogP contribution in [-0.4, -0.2) is 44.9 Å². The van der Waals surface area contributed by atoms with Crippen molar-refractivity contribution in [3.05, 3.63) is 24.3 Å². The molecular weight excluding hydrogens is 117 g/mol. The SMILES string of the molecule is C1=CCC=C1.CN(C)C.[LiH]. The first-order chi connectivity index (χ1) is 4.23. The van der Waals surface area contributed by atoms with Crippen molar-refractivity contribution >= 4 is 18.9 Å². The summed E-state index contributed by atoms with van der Waals surface area (Å²) in [5.74, 6) is 0. The van der Waals surface area contributed by atoms with Gasteiger partial charge < -0.3 is 4.90 Å². The van der Waals surface area contributed by atoms with Gasteiger partial charge in [-0.3, -0.25) is 0 Å². The quantitative estimate of drug-likeness (QED) is 0.446. The van der Waals surface area contributed by atoms with Gasteiger partial charge in [0.15, 0.2) is 0 Å². The Labute approximate surface area is 76.0 Å². The zero-order valence-corrected chi connectivity index (χ0v) is 6.46. The molecule has 0 heterocycles. The van der Waals surface area contributed by atoms with E-state index in [1.54, 1.807) is 0 Å². The van der Waals surface area contributed by atoms with Gasteiger partial charge in [-0.1, -0.05) is 24.3 Å². The predicted molar refractivity (Wildman–Crippen MR) is 49.7 cm³/mol. The second-order valence-corrected chi connectivity index (χ2v) is 2.43. The van der Waals surface area contributed by atoms with E-state index in [2.05, 4.69) is 24.3 Å². The minimum atomic E-state index is 0. The second kappa shape index (κ2) is 9.04. The van der Waals surface area contributed by atoms with Gasteiger partial charge in [-0.05, 0) is 27.6 Å². The topological polar surface area (TPSA) is 3.24 Å². The van der Waals surface area contributed by atoms with Gasteiger partial charge in [0.1, 0.15) is 0 Å². The van der Waals surface area contributed by atoms with E-state index in [0.29, 0.717) is 0 Å². The van der Waals surface area contributed by atoms with Crippen LogP contribution in [0.4, 0.5) is 0 Å². The fourth-order valence-electron chi connectivity index (χ4n) is 0.393. The third kappa shape index (κ3) is 15.7. The van der Waals surface area contributed by atoms with Crippen molar-refractivity contribution in [3.63, 3.8) is 0 Å². The third-order valence-electron chi connectivity index (χ3n) is 0.655. The zero-order chi connectivity index (χ0) is 7.11. The van der Waals surface area contributed by atoms with Crippen molar-refractivity contribution < 1.29 is 0 Å². The summed E-state index contributed by atoms with van der Waals surface area (Å²) >= 11 is 0. The molecule has 0 spiro atoms. The van der Waals surface area contributed by atoms with E-state index in [1.807, 2.05) is 26.0 Å². The number of allylic oxidation sites excluding steroid dienone is 4. The molecule has 0 saturated heterocycles. The maximum absolute atomic E-state index is 2.12. The summed E-state index contributed by atoms with van der Waals surface area (Å²) < 4.78 is 0. The van der Waals surface area contributed by atoms with Crippen LogP contribution in [0.5, 0.6) is 0 Å². The molecule has 54 valence electrons. The van der Waals surface area contributed by atoms with Crippen LogP contribution in [-0.2, 0) is 0 Å². The summed E-state index contributed by atoms with van der Waals surface area (Å²) in [6, 6.07) is 0. The van der Waals surface area contributed by atoms with Gasteiger partial charge >= 0.3 is 18.9 Å². The van der Waals surface area contributed by atoms with Gasteiger partial charge in [-0.2, -0.15) is 0 Å². The summed E-state index contributed by atoms with van der Waals surface area (Å²) in [4.78, 5) is 2.00. The molecule has 10 heavy (non-hydrogen) atoms. The molecule has 0 N–H and O–H groups in total. The van der Waals surface area contributed by atoms with E-state index >= 15 is 0 Å². The van der Waals surface area contributed by atoms with Crippen molar-refractivity contribution in [1.82, 2.24) is 4.90 Å². The molecule has 0 radical (unpaired) electrons. The molecule has 1 aliphatic carbocycles. The van der Waals surface area contributed by atoms with Gasteiger partial charge in [0.2, 0.25) is 0 Å². The van der Waals surface area contributed by atoms with Crippen LogP contribution in [0.15, 0.2) is 24.3 Å². The predicted octanol–water partition coefficient (Wildman–Crippen LogP) is 1.03. The monoisotopic (exact) mass is 133 g/mol. The molecule has 1 rings (SSSR count). The molecule has 1 aliphatic rings. The molecule has 0 bridgehead atoms. The van der Waals surface area contributed by atoms with Gasteiger partial charge in [-0.15, -0.1) is 0 Å². The van der Waals surface area contributed by atoms with Crippen molar-refractivity contribution in [2.45, 2.75) is 6.42 Å². The Kier molecular flexibility index (Phi) is 11.5. The molecule has 0 saturated carbocycles. The Morgan fingerprint density at radius 2 is 1.30 bits per heavy atom. The minimum absolute atomic E-state index is 0. The molecule has 0 fully saturated rings. The van der Waals surface area contributed by atoms with Gasteiger partial charge in [0.25, 0.3) is 0 Å². The Morgan fingerprint density at radius 3 is 1.40 bits per heavy atom. The van der Waals surface area contributed by atoms with Crippen LogP contribution in [0.3, 0.4) is 0 Å². The number of nitrogens with zero attached hydrogens (tertiary/aromatic N) is 1. The maximum atomic E-state index is 2.12. The van der Waals surface area contributed by atoms with Crippen molar-refractivity contribution in [3.8, 4) is 0 Å². The first-order valence-electron chi connectivity index (χ1n) is 3.16. The van der Waals surface area contributed by atoms with Gasteiger partial charge in [-0.25, -0.2) is 0 Å². The molecule has 0 unspecified atom stereocenters. The normalized spacial score (nSPS) is 12.4. The van der Waals surface area contributed by atoms with Crippen LogP contribution in [0.25, 0.3) is 0 Å². The molecule has 0 aromatic rings. The Hall–Kier alpha value is 0.0374. The van der Waals surface area contributed by atoms with E-state index in [4.69, 9.17) is 0 Å². The Morgan fingerprint density at radius 1 is 1.00 bits per heavy atom. The van der Waals surface area contributed by atoms with Crippen molar-refractivity contribution in [1.29, 1.82) is 0 Å². The summed E-state index contributed by atoms with van der Waals surface area (Å²) in [6.07, 6.45) is 9.50. The Balaban J connectivity index is 0. The fourth-order valence-corrected chi connectivity index (χ4v) is 0.393. The summed E-state index contributed by atoms with van der Waals surface area (Å²) in [6.45, 7) is 0. The van der Waals surface area contributed by atoms with Crippen LogP contribution >= 0.6 is 0 Å². The molecule has 1 nitrogen and oxygen atoms in total. The fraction of sp³-hybridized carbons (Fsp3) is 0.500. The molecular formula is C8H16LiN. The number of hydrogen-bond donors (Lipinski definition) is 0. The third-order valence-corrected chi connectivity index (χ3v) is 0.655. The van der Waals surface area contributed by atoms with Gasteiger partial charge in [0, 0.05) is 0 Å². The average molecular weight is 133 g/mol. The molecule has 0 aromatic heterocycles. The van der Waals surface area contributed by atoms with E-state index in [0.717, 1.165) is 6.42 Å². The van der Waals surface area contributed by atoms with E-state index < -0.39 is 0 Å². The molecule has 0 aliphatic heterocycles. The van der Waals surface area contributed by atoms with Crippen molar-refractivity contribution in [2.24, 2.45) is 0 Å². The first-order valence-corrected chi connectivity index (χ1v) is 3.16. The van der Waals surface area contributed by atoms with E-state index in [-0.39, 0.29) is 18.9 Å². The molecule has 0 aromatic carbocycles. The molecule has 2 heteroatoms. The second-order valence-electron chi connectivity index (χ2n) is 2.43. The zero-order valence-electron chi connectivity index (χ0n) is 6.46. The van der Waals surface area contributed by atoms with Crippen molar-refractivity contribution in [2.75, 3.05) is 21.1 Å². The standard InChI is InChI=1S/C5H6.C3H9N.Li.H/c1-2-4-5-3-1;1-4(2)3;;/h1-4H,5H2;1-3H3;;. The average Bonchev–Trinajstić information content (AvgIpc) is 2.11. The van der Waals surface area contributed by atoms with Crippen LogP contribution in [0.1, 0.15) is 6.42 Å². The summed E-state index contributed by atoms with van der Waals surface area (Å²) in [7, 11) is 6.00. The van der Waals surface area contributed by atoms with Gasteiger partial charge in [0.05, 0.1) is 0 Å². The number of rotatable bonds is 0. The molecule has 0 atom stereocenters. The summed E-state index contributed by atoms with van der Waals surface area (Å²) in [5.41, 5.74) is 0.